The summed E-state index contributed by atoms with van der Waals surface area (Å²) in [5.74, 6) is -0.0301. The Kier molecular flexibility index (Phi) is 4.49. The van der Waals surface area contributed by atoms with Crippen molar-refractivity contribution < 1.29 is 19.1 Å². The van der Waals surface area contributed by atoms with Gasteiger partial charge in [-0.25, -0.2) is 9.78 Å². The Bertz CT molecular complexity index is 617. The first-order valence-corrected chi connectivity index (χ1v) is 7.05. The fourth-order valence-corrected chi connectivity index (χ4v) is 2.04. The van der Waals surface area contributed by atoms with Crippen LogP contribution in [0.25, 0.3) is 6.08 Å². The lowest BCUT2D eigenvalue weighted by molar-refractivity contribution is -0.134. The van der Waals surface area contributed by atoms with Gasteiger partial charge in [0.2, 0.25) is 11.8 Å². The van der Waals surface area contributed by atoms with Crippen LogP contribution in [-0.4, -0.2) is 37.1 Å². The van der Waals surface area contributed by atoms with Gasteiger partial charge in [0.25, 0.3) is 0 Å². The van der Waals surface area contributed by atoms with Gasteiger partial charge in [0.1, 0.15) is 12.3 Å². The number of carbonyl (C=O) groups is 2. The number of aromatic nitrogens is 1. The molecule has 0 fully saturated rings. The van der Waals surface area contributed by atoms with Gasteiger partial charge in [-0.2, -0.15) is 0 Å². The van der Waals surface area contributed by atoms with E-state index in [4.69, 9.17) is 4.74 Å². The number of nitrogens with zero attached hydrogens (tertiary/aromatic N) is 2. The van der Waals surface area contributed by atoms with Gasteiger partial charge in [-0.1, -0.05) is 20.8 Å². The Hall–Kier alpha value is -2.37. The Labute approximate surface area is 129 Å². The van der Waals surface area contributed by atoms with Crippen molar-refractivity contribution in [2.24, 2.45) is 5.41 Å². The Morgan fingerprint density at radius 1 is 1.36 bits per heavy atom. The second-order valence-corrected chi connectivity index (χ2v) is 5.97. The predicted molar refractivity (Wildman–Crippen MR) is 82.6 cm³/mol. The molecule has 1 aromatic heterocycles. The summed E-state index contributed by atoms with van der Waals surface area (Å²) in [6.07, 6.45) is 2.83. The van der Waals surface area contributed by atoms with E-state index in [0.717, 1.165) is 0 Å². The van der Waals surface area contributed by atoms with Crippen molar-refractivity contribution in [1.29, 1.82) is 0 Å². The van der Waals surface area contributed by atoms with Gasteiger partial charge in [0.05, 0.1) is 19.3 Å². The van der Waals surface area contributed by atoms with Crippen molar-refractivity contribution in [3.05, 3.63) is 23.9 Å². The molecule has 0 bridgehead atoms. The number of hydrogen-bond donors (Lipinski definition) is 0. The van der Waals surface area contributed by atoms with Crippen molar-refractivity contribution >= 4 is 23.6 Å². The molecule has 0 atom stereocenters. The number of rotatable bonds is 2. The molecular formula is C16H20N2O4. The number of anilines is 1. The summed E-state index contributed by atoms with van der Waals surface area (Å²) >= 11 is 0. The molecule has 1 aliphatic heterocycles. The summed E-state index contributed by atoms with van der Waals surface area (Å²) in [5, 5.41) is 0. The third-order valence-corrected chi connectivity index (χ3v) is 3.18. The smallest absolute Gasteiger partial charge is 0.330 e. The number of hydrogen-bond acceptors (Lipinski definition) is 5. The maximum absolute atomic E-state index is 12.5. The standard InChI is InChI=1S/C16H20N2O4/c1-16(2,3)15(20)18-9-10-22-14-12(18)7-5-11(17-14)6-8-13(19)21-4/h5-8H,9-10H2,1-4H3/b8-6+. The Morgan fingerprint density at radius 3 is 2.73 bits per heavy atom. The summed E-state index contributed by atoms with van der Waals surface area (Å²) in [5.41, 5.74) is 0.744. The molecule has 0 aliphatic carbocycles. The second kappa shape index (κ2) is 6.17. The first-order chi connectivity index (χ1) is 10.3. The lowest BCUT2D eigenvalue weighted by Crippen LogP contribution is -2.44. The summed E-state index contributed by atoms with van der Waals surface area (Å²) in [7, 11) is 1.31. The zero-order chi connectivity index (χ0) is 16.3. The minimum atomic E-state index is -0.474. The maximum atomic E-state index is 12.5. The molecule has 0 spiro atoms. The third kappa shape index (κ3) is 3.44. The summed E-state index contributed by atoms with van der Waals surface area (Å²) < 4.78 is 10.1. The average molecular weight is 304 g/mol. The monoisotopic (exact) mass is 304 g/mol. The minimum Gasteiger partial charge on any atom is -0.474 e. The topological polar surface area (TPSA) is 68.7 Å². The SMILES string of the molecule is COC(=O)/C=C/c1ccc2c(n1)OCCN2C(=O)C(C)(C)C. The first kappa shape index (κ1) is 16.0. The van der Waals surface area contributed by atoms with Crippen molar-refractivity contribution in [1.82, 2.24) is 4.98 Å². The van der Waals surface area contributed by atoms with Crippen LogP contribution in [0.5, 0.6) is 5.88 Å². The Balaban J connectivity index is 2.29. The zero-order valence-corrected chi connectivity index (χ0v) is 13.3. The molecule has 0 saturated carbocycles. The molecule has 6 nitrogen and oxygen atoms in total. The number of carbonyl (C=O) groups excluding carboxylic acids is 2. The average Bonchev–Trinajstić information content (AvgIpc) is 2.50. The van der Waals surface area contributed by atoms with Crippen LogP contribution in [0.3, 0.4) is 0 Å². The van der Waals surface area contributed by atoms with Gasteiger partial charge in [0.15, 0.2) is 0 Å². The molecule has 22 heavy (non-hydrogen) atoms. The summed E-state index contributed by atoms with van der Waals surface area (Å²) in [4.78, 5) is 29.6. The van der Waals surface area contributed by atoms with E-state index in [1.54, 1.807) is 23.1 Å². The molecule has 1 amide bonds. The lowest BCUT2D eigenvalue weighted by atomic mass is 9.94. The molecule has 1 aliphatic rings. The number of amides is 1. The van der Waals surface area contributed by atoms with Crippen LogP contribution in [0.4, 0.5) is 5.69 Å². The fraction of sp³-hybridized carbons (Fsp3) is 0.438. The molecule has 1 aromatic rings. The molecule has 0 radical (unpaired) electrons. The van der Waals surface area contributed by atoms with E-state index in [2.05, 4.69) is 9.72 Å². The highest BCUT2D eigenvalue weighted by Gasteiger charge is 2.32. The summed E-state index contributed by atoms with van der Waals surface area (Å²) in [6.45, 7) is 6.54. The molecule has 0 aromatic carbocycles. The van der Waals surface area contributed by atoms with Crippen molar-refractivity contribution in [3.8, 4) is 5.88 Å². The fourth-order valence-electron chi connectivity index (χ4n) is 2.04. The highest BCUT2D eigenvalue weighted by molar-refractivity contribution is 5.98. The molecular weight excluding hydrogens is 284 g/mol. The zero-order valence-electron chi connectivity index (χ0n) is 13.3. The highest BCUT2D eigenvalue weighted by atomic mass is 16.5. The number of pyridine rings is 1. The lowest BCUT2D eigenvalue weighted by Gasteiger charge is -2.33. The molecule has 2 rings (SSSR count). The van der Waals surface area contributed by atoms with Gasteiger partial charge in [0, 0.05) is 11.5 Å². The third-order valence-electron chi connectivity index (χ3n) is 3.18. The maximum Gasteiger partial charge on any atom is 0.330 e. The van der Waals surface area contributed by atoms with Crippen LogP contribution >= 0.6 is 0 Å². The van der Waals surface area contributed by atoms with Gasteiger partial charge in [-0.05, 0) is 18.2 Å². The highest BCUT2D eigenvalue weighted by Crippen LogP contribution is 2.33. The van der Waals surface area contributed by atoms with Crippen LogP contribution in [-0.2, 0) is 14.3 Å². The molecule has 2 heterocycles. The van der Waals surface area contributed by atoms with Crippen LogP contribution in [0, 0.1) is 5.41 Å². The van der Waals surface area contributed by atoms with E-state index in [-0.39, 0.29) is 5.91 Å². The van der Waals surface area contributed by atoms with Crippen molar-refractivity contribution in [2.75, 3.05) is 25.2 Å². The predicted octanol–water partition coefficient (Wildman–Crippen LogP) is 2.04. The van der Waals surface area contributed by atoms with Gasteiger partial charge in [-0.15, -0.1) is 0 Å². The van der Waals surface area contributed by atoms with Crippen LogP contribution in [0.15, 0.2) is 18.2 Å². The van der Waals surface area contributed by atoms with Crippen LogP contribution in [0.1, 0.15) is 26.5 Å². The van der Waals surface area contributed by atoms with Gasteiger partial charge in [-0.3, -0.25) is 4.79 Å². The van der Waals surface area contributed by atoms with Crippen molar-refractivity contribution in [2.45, 2.75) is 20.8 Å². The van der Waals surface area contributed by atoms with Crippen LogP contribution in [0.2, 0.25) is 0 Å². The van der Waals surface area contributed by atoms with E-state index in [9.17, 15) is 9.59 Å². The van der Waals surface area contributed by atoms with E-state index in [0.29, 0.717) is 30.4 Å². The Morgan fingerprint density at radius 2 is 2.09 bits per heavy atom. The van der Waals surface area contributed by atoms with Gasteiger partial charge < -0.3 is 14.4 Å². The molecule has 6 heteroatoms. The number of esters is 1. The molecule has 0 unspecified atom stereocenters. The first-order valence-electron chi connectivity index (χ1n) is 7.05. The molecule has 0 saturated heterocycles. The van der Waals surface area contributed by atoms with Crippen LogP contribution < -0.4 is 9.64 Å². The normalized spacial score (nSPS) is 14.5. The summed E-state index contributed by atoms with van der Waals surface area (Å²) in [6, 6.07) is 3.51. The second-order valence-electron chi connectivity index (χ2n) is 5.97. The number of fused-ring (bicyclic) bond motifs is 1. The van der Waals surface area contributed by atoms with E-state index >= 15 is 0 Å². The van der Waals surface area contributed by atoms with Crippen molar-refractivity contribution in [3.63, 3.8) is 0 Å². The minimum absolute atomic E-state index is 0.0247. The quantitative estimate of drug-likeness (QED) is 0.618. The van der Waals surface area contributed by atoms with E-state index < -0.39 is 11.4 Å². The molecule has 118 valence electrons. The van der Waals surface area contributed by atoms with E-state index in [1.807, 2.05) is 20.8 Å². The van der Waals surface area contributed by atoms with Gasteiger partial charge >= 0.3 is 5.97 Å². The number of ether oxygens (including phenoxy) is 2. The van der Waals surface area contributed by atoms with E-state index in [1.165, 1.54) is 13.2 Å². The largest absolute Gasteiger partial charge is 0.474 e. The number of methoxy groups -OCH3 is 1. The molecule has 0 N–H and O–H groups in total.